The topological polar surface area (TPSA) is 73.5 Å². The minimum Gasteiger partial charge on any atom is -0.400 e. The van der Waals surface area contributed by atoms with E-state index >= 15 is 0 Å². The lowest BCUT2D eigenvalue weighted by Gasteiger charge is -2.25. The SMILES string of the molecule is C1CCN(CCNC2CCNCC2)C1.C=CCC(N)/C=C\C.CC.CO. The van der Waals surface area contributed by atoms with Crippen molar-refractivity contribution in [3.05, 3.63) is 24.8 Å². The molecule has 0 aliphatic carbocycles. The van der Waals surface area contributed by atoms with Gasteiger partial charge in [-0.25, -0.2) is 0 Å². The Hall–Kier alpha value is -0.720. The highest BCUT2D eigenvalue weighted by atomic mass is 16.2. The average Bonchev–Trinajstić information content (AvgIpc) is 3.20. The van der Waals surface area contributed by atoms with Crippen LogP contribution in [0.3, 0.4) is 0 Å². The molecule has 0 saturated carbocycles. The van der Waals surface area contributed by atoms with Crippen molar-refractivity contribution in [3.8, 4) is 0 Å². The van der Waals surface area contributed by atoms with Crippen LogP contribution < -0.4 is 16.4 Å². The zero-order valence-electron chi connectivity index (χ0n) is 17.8. The van der Waals surface area contributed by atoms with Crippen LogP contribution in [0.25, 0.3) is 0 Å². The van der Waals surface area contributed by atoms with Crippen LogP contribution in [0.2, 0.25) is 0 Å². The number of hydrogen-bond acceptors (Lipinski definition) is 5. The number of piperidine rings is 1. The Kier molecular flexibility index (Phi) is 23.6. The molecule has 2 aliphatic rings. The predicted molar refractivity (Wildman–Crippen MR) is 117 cm³/mol. The van der Waals surface area contributed by atoms with Crippen molar-refractivity contribution in [2.45, 2.75) is 65.0 Å². The maximum Gasteiger partial charge on any atom is 0.0319 e. The quantitative estimate of drug-likeness (QED) is 0.518. The normalized spacial score (nSPS) is 18.7. The molecule has 2 heterocycles. The third-order valence-corrected chi connectivity index (χ3v) is 4.28. The van der Waals surface area contributed by atoms with E-state index in [1.165, 1.54) is 65.0 Å². The number of nitrogens with zero attached hydrogens (tertiary/aromatic N) is 1. The van der Waals surface area contributed by atoms with E-state index in [4.69, 9.17) is 10.8 Å². The first-order chi connectivity index (χ1) is 12.8. The van der Waals surface area contributed by atoms with Gasteiger partial charge in [-0.2, -0.15) is 0 Å². The summed E-state index contributed by atoms with van der Waals surface area (Å²) in [5.74, 6) is 0. The second-order valence-electron chi connectivity index (χ2n) is 6.24. The first-order valence-electron chi connectivity index (χ1n) is 10.4. The lowest BCUT2D eigenvalue weighted by atomic mass is 10.1. The molecule has 156 valence electrons. The fraction of sp³-hybridized carbons (Fsp3) is 0.810. The summed E-state index contributed by atoms with van der Waals surface area (Å²) >= 11 is 0. The molecule has 0 amide bonds. The predicted octanol–water partition coefficient (Wildman–Crippen LogP) is 2.52. The molecule has 0 bridgehead atoms. The van der Waals surface area contributed by atoms with E-state index in [0.29, 0.717) is 0 Å². The van der Waals surface area contributed by atoms with Crippen molar-refractivity contribution in [1.82, 2.24) is 15.5 Å². The van der Waals surface area contributed by atoms with Gasteiger partial charge in [0.15, 0.2) is 0 Å². The van der Waals surface area contributed by atoms with Crippen LogP contribution in [-0.4, -0.2) is 68.5 Å². The van der Waals surface area contributed by atoms with Crippen molar-refractivity contribution in [2.24, 2.45) is 5.73 Å². The van der Waals surface area contributed by atoms with Crippen LogP contribution in [-0.2, 0) is 0 Å². The van der Waals surface area contributed by atoms with E-state index in [0.717, 1.165) is 19.6 Å². The van der Waals surface area contributed by atoms with Gasteiger partial charge in [-0.15, -0.1) is 6.58 Å². The van der Waals surface area contributed by atoms with Crippen LogP contribution in [0, 0.1) is 0 Å². The van der Waals surface area contributed by atoms with Gasteiger partial charge in [0.25, 0.3) is 0 Å². The summed E-state index contributed by atoms with van der Waals surface area (Å²) in [6.07, 6.45) is 12.0. The van der Waals surface area contributed by atoms with Gasteiger partial charge in [0.1, 0.15) is 0 Å². The van der Waals surface area contributed by atoms with Crippen LogP contribution in [0.4, 0.5) is 0 Å². The second-order valence-corrected chi connectivity index (χ2v) is 6.24. The fourth-order valence-electron chi connectivity index (χ4n) is 2.98. The van der Waals surface area contributed by atoms with Crippen molar-refractivity contribution >= 4 is 0 Å². The smallest absolute Gasteiger partial charge is 0.0319 e. The van der Waals surface area contributed by atoms with E-state index in [2.05, 4.69) is 22.1 Å². The number of hydrogen-bond donors (Lipinski definition) is 4. The molecule has 2 saturated heterocycles. The standard InChI is InChI=1S/C11H23N3.C7H13N.C2H6.CH4O/c1-2-9-14(8-1)10-7-13-11-3-5-12-6-4-11;1-3-5-7(8)6-4-2;2*1-2/h11-13H,1-10H2;3-4,6-7H,1,5,8H2,2H3;1-2H3;2H,1H3/b;6-4-;;. The molecule has 0 aromatic heterocycles. The summed E-state index contributed by atoms with van der Waals surface area (Å²) in [7, 11) is 1.00. The third-order valence-electron chi connectivity index (χ3n) is 4.28. The number of aliphatic hydroxyl groups excluding tert-OH is 1. The van der Waals surface area contributed by atoms with Gasteiger partial charge in [0.2, 0.25) is 0 Å². The number of nitrogens with two attached hydrogens (primary N) is 1. The first kappa shape index (κ1) is 27.5. The largest absolute Gasteiger partial charge is 0.400 e. The van der Waals surface area contributed by atoms with Crippen LogP contribution in [0.15, 0.2) is 24.8 Å². The molecule has 0 radical (unpaired) electrons. The van der Waals surface area contributed by atoms with Gasteiger partial charge >= 0.3 is 0 Å². The Morgan fingerprint density at radius 3 is 2.31 bits per heavy atom. The number of nitrogens with one attached hydrogen (secondary N) is 2. The second kappa shape index (κ2) is 22.3. The van der Waals surface area contributed by atoms with E-state index in [1.807, 2.05) is 39.0 Å². The number of rotatable bonds is 7. The molecular weight excluding hydrogens is 324 g/mol. The molecule has 0 aromatic rings. The van der Waals surface area contributed by atoms with Gasteiger partial charge in [0.05, 0.1) is 0 Å². The highest BCUT2D eigenvalue weighted by molar-refractivity contribution is 4.92. The zero-order chi connectivity index (χ0) is 20.0. The van der Waals surface area contributed by atoms with Gasteiger partial charge in [-0.3, -0.25) is 0 Å². The third kappa shape index (κ3) is 16.7. The summed E-state index contributed by atoms with van der Waals surface area (Å²) in [5.41, 5.74) is 5.54. The molecule has 5 heteroatoms. The molecule has 2 aliphatic heterocycles. The molecule has 26 heavy (non-hydrogen) atoms. The minimum atomic E-state index is 0.164. The van der Waals surface area contributed by atoms with Crippen LogP contribution >= 0.6 is 0 Å². The fourth-order valence-corrected chi connectivity index (χ4v) is 2.98. The molecule has 0 aromatic carbocycles. The molecule has 5 N–H and O–H groups in total. The van der Waals surface area contributed by atoms with Crippen LogP contribution in [0.1, 0.15) is 52.9 Å². The summed E-state index contributed by atoms with van der Waals surface area (Å²) in [5, 5.41) is 14.1. The van der Waals surface area contributed by atoms with Gasteiger partial charge in [-0.05, 0) is 65.2 Å². The Bertz CT molecular complexity index is 298. The molecule has 1 unspecified atom stereocenters. The maximum atomic E-state index is 7.00. The summed E-state index contributed by atoms with van der Waals surface area (Å²) in [4.78, 5) is 2.58. The monoisotopic (exact) mass is 370 g/mol. The molecule has 0 spiro atoms. The summed E-state index contributed by atoms with van der Waals surface area (Å²) < 4.78 is 0. The molecule has 2 rings (SSSR count). The van der Waals surface area contributed by atoms with E-state index < -0.39 is 0 Å². The lowest BCUT2D eigenvalue weighted by Crippen LogP contribution is -2.42. The Morgan fingerprint density at radius 1 is 1.23 bits per heavy atom. The minimum absolute atomic E-state index is 0.164. The van der Waals surface area contributed by atoms with Gasteiger partial charge < -0.3 is 26.4 Å². The van der Waals surface area contributed by atoms with Crippen molar-refractivity contribution in [1.29, 1.82) is 0 Å². The van der Waals surface area contributed by atoms with E-state index in [-0.39, 0.29) is 6.04 Å². The Balaban J connectivity index is 0. The van der Waals surface area contributed by atoms with Gasteiger partial charge in [-0.1, -0.05) is 32.1 Å². The van der Waals surface area contributed by atoms with Crippen LogP contribution in [0.5, 0.6) is 0 Å². The van der Waals surface area contributed by atoms with E-state index in [9.17, 15) is 0 Å². The first-order valence-corrected chi connectivity index (χ1v) is 10.4. The highest BCUT2D eigenvalue weighted by Crippen LogP contribution is 2.06. The molecule has 1 atom stereocenters. The number of allylic oxidation sites excluding steroid dienone is 1. The van der Waals surface area contributed by atoms with Crippen molar-refractivity contribution in [3.63, 3.8) is 0 Å². The lowest BCUT2D eigenvalue weighted by molar-refractivity contribution is 0.312. The van der Waals surface area contributed by atoms with Crippen molar-refractivity contribution in [2.75, 3.05) is 46.4 Å². The highest BCUT2D eigenvalue weighted by Gasteiger charge is 2.14. The zero-order valence-corrected chi connectivity index (χ0v) is 17.8. The molecule has 5 nitrogen and oxygen atoms in total. The van der Waals surface area contributed by atoms with Gasteiger partial charge in [0, 0.05) is 32.3 Å². The summed E-state index contributed by atoms with van der Waals surface area (Å²) in [6.45, 7) is 17.0. The number of aliphatic hydroxyl groups is 1. The average molecular weight is 371 g/mol. The molecular formula is C21H46N4O. The Labute approximate surface area is 163 Å². The summed E-state index contributed by atoms with van der Waals surface area (Å²) in [6, 6.07) is 0.941. The maximum absolute atomic E-state index is 7.00. The van der Waals surface area contributed by atoms with E-state index in [1.54, 1.807) is 0 Å². The number of likely N-dealkylation sites (tertiary alicyclic amines) is 1. The Morgan fingerprint density at radius 2 is 1.81 bits per heavy atom. The molecule has 2 fully saturated rings. The van der Waals surface area contributed by atoms with Crippen molar-refractivity contribution < 1.29 is 5.11 Å².